The zero-order chi connectivity index (χ0) is 25.5. The Labute approximate surface area is 219 Å². The number of nitrogens with zero attached hydrogens (tertiary/aromatic N) is 6. The van der Waals surface area contributed by atoms with E-state index in [1.54, 1.807) is 12.4 Å². The van der Waals surface area contributed by atoms with E-state index in [9.17, 15) is 4.79 Å². The van der Waals surface area contributed by atoms with Gasteiger partial charge >= 0.3 is 5.76 Å². The average Bonchev–Trinajstić information content (AvgIpc) is 3.49. The number of H-pyrrole nitrogens is 1. The summed E-state index contributed by atoms with van der Waals surface area (Å²) in [6.45, 7) is 7.43. The molecule has 194 valence electrons. The summed E-state index contributed by atoms with van der Waals surface area (Å²) in [7, 11) is 0. The second kappa shape index (κ2) is 9.90. The van der Waals surface area contributed by atoms with Gasteiger partial charge in [0.05, 0.1) is 41.0 Å². The van der Waals surface area contributed by atoms with Crippen LogP contribution >= 0.6 is 11.6 Å². The molecule has 4 aromatic rings. The normalized spacial score (nSPS) is 22.6. The smallest absolute Gasteiger partial charge is 0.377 e. The number of halogens is 1. The first-order valence-corrected chi connectivity index (χ1v) is 13.3. The topological polar surface area (TPSA) is 115 Å². The van der Waals surface area contributed by atoms with Gasteiger partial charge in [0.2, 0.25) is 11.8 Å². The molecule has 1 N–H and O–H groups in total. The number of anilines is 1. The SMILES string of the molecule is CC1CCC(Cn2c(N3CCOC[C@@H]3C)nc3cc(-c4noc(=O)[nH]4)nc(-c4cncc(Cl)c4)c32)CC1. The molecule has 5 heterocycles. The van der Waals surface area contributed by atoms with E-state index >= 15 is 0 Å². The Kier molecular flexibility index (Phi) is 6.46. The molecule has 11 heteroatoms. The van der Waals surface area contributed by atoms with Crippen LogP contribution in [0.5, 0.6) is 0 Å². The van der Waals surface area contributed by atoms with E-state index in [-0.39, 0.29) is 11.9 Å². The summed E-state index contributed by atoms with van der Waals surface area (Å²) in [5, 5.41) is 4.38. The molecule has 0 spiro atoms. The lowest BCUT2D eigenvalue weighted by atomic mass is 9.83. The highest BCUT2D eigenvalue weighted by Gasteiger charge is 2.29. The number of aromatic amines is 1. The lowest BCUT2D eigenvalue weighted by Crippen LogP contribution is -2.45. The summed E-state index contributed by atoms with van der Waals surface area (Å²) >= 11 is 6.35. The summed E-state index contributed by atoms with van der Waals surface area (Å²) < 4.78 is 12.8. The predicted molar refractivity (Wildman–Crippen MR) is 141 cm³/mol. The van der Waals surface area contributed by atoms with Crippen molar-refractivity contribution in [2.45, 2.75) is 52.1 Å². The van der Waals surface area contributed by atoms with Gasteiger partial charge in [-0.3, -0.25) is 14.5 Å². The molecule has 0 unspecified atom stereocenters. The molecule has 6 rings (SSSR count). The molecule has 2 aliphatic rings. The lowest BCUT2D eigenvalue weighted by molar-refractivity contribution is 0.0976. The van der Waals surface area contributed by atoms with Crippen LogP contribution < -0.4 is 10.7 Å². The van der Waals surface area contributed by atoms with Gasteiger partial charge in [-0.15, -0.1) is 0 Å². The maximum Gasteiger partial charge on any atom is 0.439 e. The van der Waals surface area contributed by atoms with Crippen LogP contribution in [0.4, 0.5) is 5.95 Å². The number of imidazole rings is 1. The molecular formula is C26H30ClN7O3. The van der Waals surface area contributed by atoms with E-state index in [1.807, 2.05) is 12.1 Å². The van der Waals surface area contributed by atoms with Crippen molar-refractivity contribution in [2.24, 2.45) is 11.8 Å². The maximum atomic E-state index is 11.7. The van der Waals surface area contributed by atoms with Crippen molar-refractivity contribution in [3.05, 3.63) is 40.1 Å². The Morgan fingerprint density at radius 1 is 1.14 bits per heavy atom. The summed E-state index contributed by atoms with van der Waals surface area (Å²) in [6, 6.07) is 3.90. The zero-order valence-corrected chi connectivity index (χ0v) is 21.7. The number of fused-ring (bicyclic) bond motifs is 1. The predicted octanol–water partition coefficient (Wildman–Crippen LogP) is 4.54. The molecule has 1 aliphatic carbocycles. The van der Waals surface area contributed by atoms with Crippen LogP contribution in [0.25, 0.3) is 33.8 Å². The van der Waals surface area contributed by atoms with Gasteiger partial charge in [-0.25, -0.2) is 14.8 Å². The van der Waals surface area contributed by atoms with Crippen LogP contribution in [0, 0.1) is 11.8 Å². The molecule has 2 fully saturated rings. The van der Waals surface area contributed by atoms with E-state index in [4.69, 9.17) is 30.8 Å². The van der Waals surface area contributed by atoms with E-state index in [0.717, 1.165) is 41.6 Å². The Bertz CT molecular complexity index is 1470. The highest BCUT2D eigenvalue weighted by molar-refractivity contribution is 6.30. The maximum absolute atomic E-state index is 11.7. The van der Waals surface area contributed by atoms with Gasteiger partial charge < -0.3 is 14.2 Å². The molecule has 0 aromatic carbocycles. The number of nitrogens with one attached hydrogen (secondary N) is 1. The fraction of sp³-hybridized carbons (Fsp3) is 0.500. The summed E-state index contributed by atoms with van der Waals surface area (Å²) in [5.41, 5.74) is 3.61. The number of aromatic nitrogens is 6. The number of morpholine rings is 1. The van der Waals surface area contributed by atoms with Gasteiger partial charge in [0, 0.05) is 31.0 Å². The van der Waals surface area contributed by atoms with Crippen LogP contribution in [-0.4, -0.2) is 55.5 Å². The highest BCUT2D eigenvalue weighted by Crippen LogP contribution is 2.37. The first-order chi connectivity index (χ1) is 18.0. The molecule has 4 aromatic heterocycles. The van der Waals surface area contributed by atoms with Gasteiger partial charge in [-0.1, -0.05) is 36.5 Å². The molecule has 0 radical (unpaired) electrons. The van der Waals surface area contributed by atoms with Gasteiger partial charge in [0.15, 0.2) is 0 Å². The standard InChI is InChI=1S/C26H30ClN7O3/c1-15-3-5-17(6-4-15)13-34-23-20(30-25(34)33-7-8-36-14-16(33)2)10-21(24-31-26(35)37-32-24)29-22(23)18-9-19(27)12-28-11-18/h9-12,15-17H,3-8,13-14H2,1-2H3,(H,31,32,35)/t15?,16-,17?/m0/s1. The van der Waals surface area contributed by atoms with Crippen LogP contribution in [0.1, 0.15) is 39.5 Å². The summed E-state index contributed by atoms with van der Waals surface area (Å²) in [5.74, 6) is 1.85. The lowest BCUT2D eigenvalue weighted by Gasteiger charge is -2.35. The van der Waals surface area contributed by atoms with Crippen molar-refractivity contribution in [3.63, 3.8) is 0 Å². The Morgan fingerprint density at radius 2 is 1.97 bits per heavy atom. The van der Waals surface area contributed by atoms with E-state index < -0.39 is 5.76 Å². The van der Waals surface area contributed by atoms with Gasteiger partial charge in [0.1, 0.15) is 5.69 Å². The van der Waals surface area contributed by atoms with Crippen molar-refractivity contribution in [3.8, 4) is 22.8 Å². The average molecular weight is 524 g/mol. The highest BCUT2D eigenvalue weighted by atomic mass is 35.5. The van der Waals surface area contributed by atoms with Crippen LogP contribution in [-0.2, 0) is 11.3 Å². The number of hydrogen-bond donors (Lipinski definition) is 1. The summed E-state index contributed by atoms with van der Waals surface area (Å²) in [4.78, 5) is 31.0. The minimum absolute atomic E-state index is 0.186. The monoisotopic (exact) mass is 523 g/mol. The van der Waals surface area contributed by atoms with Gasteiger partial charge in [-0.05, 0) is 43.7 Å². The van der Waals surface area contributed by atoms with E-state index in [1.165, 1.54) is 25.7 Å². The Morgan fingerprint density at radius 3 is 2.70 bits per heavy atom. The van der Waals surface area contributed by atoms with Gasteiger partial charge in [0.25, 0.3) is 0 Å². The molecule has 0 amide bonds. The van der Waals surface area contributed by atoms with Crippen molar-refractivity contribution in [1.29, 1.82) is 0 Å². The molecule has 0 bridgehead atoms. The molecule has 1 atom stereocenters. The van der Waals surface area contributed by atoms with Crippen molar-refractivity contribution >= 4 is 28.6 Å². The second-order valence-corrected chi connectivity index (χ2v) is 10.8. The first kappa shape index (κ1) is 24.1. The third-order valence-electron chi connectivity index (χ3n) is 7.57. The fourth-order valence-electron chi connectivity index (χ4n) is 5.53. The molecule has 10 nitrogen and oxygen atoms in total. The summed E-state index contributed by atoms with van der Waals surface area (Å²) in [6.07, 6.45) is 8.22. The minimum atomic E-state index is -0.636. The molecular weight excluding hydrogens is 494 g/mol. The number of ether oxygens (including phenoxy) is 1. The van der Waals surface area contributed by atoms with E-state index in [0.29, 0.717) is 35.5 Å². The van der Waals surface area contributed by atoms with Crippen LogP contribution in [0.3, 0.4) is 0 Å². The molecule has 1 aliphatic heterocycles. The van der Waals surface area contributed by atoms with Crippen molar-refractivity contribution in [1.82, 2.24) is 29.7 Å². The van der Waals surface area contributed by atoms with Crippen LogP contribution in [0.15, 0.2) is 33.8 Å². The molecule has 37 heavy (non-hydrogen) atoms. The first-order valence-electron chi connectivity index (χ1n) is 12.9. The molecule has 1 saturated carbocycles. The quantitative estimate of drug-likeness (QED) is 0.405. The van der Waals surface area contributed by atoms with Crippen LogP contribution in [0.2, 0.25) is 5.02 Å². The zero-order valence-electron chi connectivity index (χ0n) is 21.0. The van der Waals surface area contributed by atoms with Crippen molar-refractivity contribution < 1.29 is 9.26 Å². The number of hydrogen-bond acceptors (Lipinski definition) is 8. The van der Waals surface area contributed by atoms with E-state index in [2.05, 4.69) is 38.4 Å². The van der Waals surface area contributed by atoms with Crippen molar-refractivity contribution in [2.75, 3.05) is 24.7 Å². The number of pyridine rings is 2. The number of rotatable bonds is 5. The largest absolute Gasteiger partial charge is 0.439 e. The minimum Gasteiger partial charge on any atom is -0.377 e. The third kappa shape index (κ3) is 4.75. The Balaban J connectivity index is 1.58. The second-order valence-electron chi connectivity index (χ2n) is 10.3. The van der Waals surface area contributed by atoms with Gasteiger partial charge in [-0.2, -0.15) is 0 Å². The Hall–Kier alpha value is -3.24. The third-order valence-corrected chi connectivity index (χ3v) is 7.77. The fourth-order valence-corrected chi connectivity index (χ4v) is 5.71. The molecule has 1 saturated heterocycles.